The monoisotopic (exact) mass is 209 g/mol. The fraction of sp³-hybridized carbons (Fsp3) is 0.625. The van der Waals surface area contributed by atoms with Crippen molar-refractivity contribution < 1.29 is 14.3 Å². The molecule has 0 aromatic rings. The molecule has 13 heavy (non-hydrogen) atoms. The lowest BCUT2D eigenvalue weighted by Crippen LogP contribution is -2.35. The fourth-order valence-corrected chi connectivity index (χ4v) is 1.28. The summed E-state index contributed by atoms with van der Waals surface area (Å²) in [5, 5.41) is 8.39. The van der Waals surface area contributed by atoms with E-state index in [1.54, 1.807) is 0 Å². The Morgan fingerprint density at radius 3 is 2.85 bits per heavy atom. The number of carboxylic acid groups (broad SMARTS) is 1. The van der Waals surface area contributed by atoms with E-state index in [4.69, 9.17) is 5.11 Å². The highest BCUT2D eigenvalue weighted by molar-refractivity contribution is 5.85. The Kier molecular flexibility index (Phi) is 4.95. The second kappa shape index (κ2) is 5.19. The van der Waals surface area contributed by atoms with Crippen LogP contribution in [0.2, 0.25) is 0 Å². The van der Waals surface area contributed by atoms with Crippen LogP contribution in [0.3, 0.4) is 0 Å². The summed E-state index contributed by atoms with van der Waals surface area (Å²) in [5.41, 5.74) is 0.403. The van der Waals surface area contributed by atoms with Crippen molar-refractivity contribution in [1.29, 1.82) is 0 Å². The van der Waals surface area contributed by atoms with Gasteiger partial charge in [-0.15, -0.1) is 12.4 Å². The molecule has 1 aliphatic heterocycles. The molecule has 1 N–H and O–H groups in total. The van der Waals surface area contributed by atoms with Gasteiger partial charge in [0, 0.05) is 19.2 Å². The van der Waals surface area contributed by atoms with Crippen LogP contribution in [0.4, 0.5) is 4.39 Å². The summed E-state index contributed by atoms with van der Waals surface area (Å²) in [6.45, 7) is 1.04. The van der Waals surface area contributed by atoms with Crippen LogP contribution in [0.5, 0.6) is 0 Å². The lowest BCUT2D eigenvalue weighted by atomic mass is 10.0. The van der Waals surface area contributed by atoms with Gasteiger partial charge in [0.1, 0.15) is 6.17 Å². The van der Waals surface area contributed by atoms with Gasteiger partial charge in [-0.3, -0.25) is 0 Å². The van der Waals surface area contributed by atoms with E-state index in [0.717, 1.165) is 12.6 Å². The molecule has 0 aliphatic carbocycles. The van der Waals surface area contributed by atoms with Crippen LogP contribution in [0.1, 0.15) is 6.42 Å². The predicted molar refractivity (Wildman–Crippen MR) is 50.0 cm³/mol. The SMILES string of the molecule is CN1CCC(=CC(=O)O)C(F)C1.Cl. The van der Waals surface area contributed by atoms with Gasteiger partial charge in [0.2, 0.25) is 0 Å². The van der Waals surface area contributed by atoms with Gasteiger partial charge >= 0.3 is 5.97 Å². The molecule has 0 amide bonds. The molecular weight excluding hydrogens is 197 g/mol. The van der Waals surface area contributed by atoms with Crippen molar-refractivity contribution in [3.63, 3.8) is 0 Å². The van der Waals surface area contributed by atoms with Crippen LogP contribution in [0.25, 0.3) is 0 Å². The zero-order valence-corrected chi connectivity index (χ0v) is 8.18. The Hall–Kier alpha value is -0.610. The molecule has 1 saturated heterocycles. The number of hydrogen-bond acceptors (Lipinski definition) is 2. The average Bonchev–Trinajstić information content (AvgIpc) is 1.94. The van der Waals surface area contributed by atoms with E-state index in [0.29, 0.717) is 18.5 Å². The minimum Gasteiger partial charge on any atom is -0.478 e. The number of carboxylic acids is 1. The van der Waals surface area contributed by atoms with Gasteiger partial charge in [0.15, 0.2) is 0 Å². The van der Waals surface area contributed by atoms with Crippen LogP contribution >= 0.6 is 12.4 Å². The van der Waals surface area contributed by atoms with Crippen molar-refractivity contribution in [2.45, 2.75) is 12.6 Å². The Balaban J connectivity index is 0.00000144. The maximum absolute atomic E-state index is 13.1. The number of halogens is 2. The molecule has 1 atom stereocenters. The molecule has 0 aromatic heterocycles. The first-order chi connectivity index (χ1) is 5.59. The highest BCUT2D eigenvalue weighted by Crippen LogP contribution is 2.18. The molecule has 0 bridgehead atoms. The van der Waals surface area contributed by atoms with Gasteiger partial charge in [-0.1, -0.05) is 0 Å². The first-order valence-corrected chi connectivity index (χ1v) is 3.85. The van der Waals surface area contributed by atoms with E-state index in [1.807, 2.05) is 11.9 Å². The number of nitrogens with zero attached hydrogens (tertiary/aromatic N) is 1. The number of rotatable bonds is 1. The fourth-order valence-electron chi connectivity index (χ4n) is 1.28. The normalized spacial score (nSPS) is 26.9. The minimum atomic E-state index is -1.11. The molecule has 0 saturated carbocycles. The van der Waals surface area contributed by atoms with Gasteiger partial charge in [-0.2, -0.15) is 0 Å². The molecule has 1 unspecified atom stereocenters. The summed E-state index contributed by atoms with van der Waals surface area (Å²) in [6.07, 6.45) is 0.390. The topological polar surface area (TPSA) is 40.5 Å². The first-order valence-electron chi connectivity index (χ1n) is 3.85. The lowest BCUT2D eigenvalue weighted by Gasteiger charge is -2.26. The Morgan fingerprint density at radius 1 is 1.77 bits per heavy atom. The van der Waals surface area contributed by atoms with E-state index in [-0.39, 0.29) is 12.4 Å². The number of aliphatic carboxylic acids is 1. The summed E-state index contributed by atoms with van der Waals surface area (Å²) in [7, 11) is 1.82. The maximum Gasteiger partial charge on any atom is 0.328 e. The Labute approximate surface area is 82.6 Å². The second-order valence-electron chi connectivity index (χ2n) is 3.04. The number of alkyl halides is 1. The molecule has 0 radical (unpaired) electrons. The third kappa shape index (κ3) is 3.74. The molecular formula is C8H13ClFNO2. The summed E-state index contributed by atoms with van der Waals surface area (Å²) >= 11 is 0. The summed E-state index contributed by atoms with van der Waals surface area (Å²) in [6, 6.07) is 0. The van der Waals surface area contributed by atoms with E-state index in [9.17, 15) is 9.18 Å². The molecule has 76 valence electrons. The third-order valence-corrected chi connectivity index (χ3v) is 1.97. The molecule has 0 spiro atoms. The number of carbonyl (C=O) groups is 1. The van der Waals surface area contributed by atoms with Crippen molar-refractivity contribution in [3.8, 4) is 0 Å². The molecule has 3 nitrogen and oxygen atoms in total. The van der Waals surface area contributed by atoms with Crippen molar-refractivity contribution >= 4 is 18.4 Å². The van der Waals surface area contributed by atoms with Crippen LogP contribution in [0.15, 0.2) is 11.6 Å². The Morgan fingerprint density at radius 2 is 2.38 bits per heavy atom. The predicted octanol–water partition coefficient (Wildman–Crippen LogP) is 1.09. The van der Waals surface area contributed by atoms with Gasteiger partial charge in [0.25, 0.3) is 0 Å². The van der Waals surface area contributed by atoms with Crippen LogP contribution in [-0.2, 0) is 4.79 Å². The zero-order valence-electron chi connectivity index (χ0n) is 7.36. The van der Waals surface area contributed by atoms with Crippen molar-refractivity contribution in [2.24, 2.45) is 0 Å². The van der Waals surface area contributed by atoms with Crippen LogP contribution in [-0.4, -0.2) is 42.3 Å². The van der Waals surface area contributed by atoms with Gasteiger partial charge in [-0.05, 0) is 19.0 Å². The molecule has 0 aromatic carbocycles. The van der Waals surface area contributed by atoms with E-state index in [1.165, 1.54) is 0 Å². The van der Waals surface area contributed by atoms with Crippen molar-refractivity contribution in [1.82, 2.24) is 4.90 Å². The van der Waals surface area contributed by atoms with Gasteiger partial charge < -0.3 is 10.0 Å². The van der Waals surface area contributed by atoms with Crippen LogP contribution in [0, 0.1) is 0 Å². The molecule has 5 heteroatoms. The minimum absolute atomic E-state index is 0. The quantitative estimate of drug-likeness (QED) is 0.658. The van der Waals surface area contributed by atoms with Crippen molar-refractivity contribution in [3.05, 3.63) is 11.6 Å². The first kappa shape index (κ1) is 12.4. The molecule has 1 fully saturated rings. The average molecular weight is 210 g/mol. The Bertz CT molecular complexity index is 220. The zero-order chi connectivity index (χ0) is 9.14. The standard InChI is InChI=1S/C8H12FNO2.ClH/c1-10-3-2-6(4-8(11)12)7(9)5-10;/h4,7H,2-3,5H2,1H3,(H,11,12);1H. The third-order valence-electron chi connectivity index (χ3n) is 1.97. The van der Waals surface area contributed by atoms with E-state index in [2.05, 4.69) is 0 Å². The molecule has 1 rings (SSSR count). The largest absolute Gasteiger partial charge is 0.478 e. The van der Waals surface area contributed by atoms with Gasteiger partial charge in [0.05, 0.1) is 0 Å². The summed E-state index contributed by atoms with van der Waals surface area (Å²) in [5.74, 6) is -1.06. The number of hydrogen-bond donors (Lipinski definition) is 1. The van der Waals surface area contributed by atoms with Gasteiger partial charge in [-0.25, -0.2) is 9.18 Å². The van der Waals surface area contributed by atoms with Crippen LogP contribution < -0.4 is 0 Å². The van der Waals surface area contributed by atoms with E-state index >= 15 is 0 Å². The molecule has 1 heterocycles. The second-order valence-corrected chi connectivity index (χ2v) is 3.04. The number of piperidine rings is 1. The molecule has 1 aliphatic rings. The summed E-state index contributed by atoms with van der Waals surface area (Å²) < 4.78 is 13.1. The highest BCUT2D eigenvalue weighted by Gasteiger charge is 2.21. The highest BCUT2D eigenvalue weighted by atomic mass is 35.5. The lowest BCUT2D eigenvalue weighted by molar-refractivity contribution is -0.131. The number of likely N-dealkylation sites (tertiary alicyclic amines) is 1. The summed E-state index contributed by atoms with van der Waals surface area (Å²) in [4.78, 5) is 12.1. The smallest absolute Gasteiger partial charge is 0.328 e. The maximum atomic E-state index is 13.1. The van der Waals surface area contributed by atoms with E-state index < -0.39 is 12.1 Å². The van der Waals surface area contributed by atoms with Crippen molar-refractivity contribution in [2.75, 3.05) is 20.1 Å².